The zero-order valence-electron chi connectivity index (χ0n) is 13.2. The molecule has 8 heteroatoms. The maximum atomic E-state index is 12.7. The highest BCUT2D eigenvalue weighted by molar-refractivity contribution is 7.90. The van der Waals surface area contributed by atoms with Gasteiger partial charge in [-0.1, -0.05) is 0 Å². The van der Waals surface area contributed by atoms with Crippen LogP contribution in [0.5, 0.6) is 0 Å². The van der Waals surface area contributed by atoms with E-state index in [1.54, 1.807) is 4.31 Å². The van der Waals surface area contributed by atoms with Crippen molar-refractivity contribution in [2.45, 2.75) is 55.9 Å². The Morgan fingerprint density at radius 2 is 1.91 bits per heavy atom. The minimum absolute atomic E-state index is 0.0883. The predicted molar refractivity (Wildman–Crippen MR) is 81.8 cm³/mol. The Kier molecular flexibility index (Phi) is 4.11. The molecule has 4 rings (SSSR count). The van der Waals surface area contributed by atoms with Crippen LogP contribution in [0.3, 0.4) is 0 Å². The average Bonchev–Trinajstić information content (AvgIpc) is 3.33. The summed E-state index contributed by atoms with van der Waals surface area (Å²) in [6.45, 7) is 2.01. The second-order valence-corrected chi connectivity index (χ2v) is 9.16. The fourth-order valence-corrected chi connectivity index (χ4v) is 6.02. The number of hydroxylamine groups is 2. The lowest BCUT2D eigenvalue weighted by Gasteiger charge is -2.40. The first-order valence-corrected chi connectivity index (χ1v) is 10.1. The molecule has 0 radical (unpaired) electrons. The average molecular weight is 344 g/mol. The van der Waals surface area contributed by atoms with Gasteiger partial charge in [0.05, 0.1) is 29.9 Å². The van der Waals surface area contributed by atoms with E-state index in [1.165, 1.54) is 5.06 Å². The highest BCUT2D eigenvalue weighted by atomic mass is 32.2. The molecule has 130 valence electrons. The van der Waals surface area contributed by atoms with Crippen LogP contribution < -0.4 is 0 Å². The van der Waals surface area contributed by atoms with E-state index in [9.17, 15) is 13.2 Å². The third-order valence-electron chi connectivity index (χ3n) is 5.33. The molecule has 3 saturated heterocycles. The quantitative estimate of drug-likeness (QED) is 0.746. The number of carbonyl (C=O) groups is 1. The summed E-state index contributed by atoms with van der Waals surface area (Å²) in [6.07, 6.45) is 4.56. The van der Waals surface area contributed by atoms with Crippen molar-refractivity contribution in [3.63, 3.8) is 0 Å². The van der Waals surface area contributed by atoms with Gasteiger partial charge in [0, 0.05) is 19.7 Å². The molecule has 3 heterocycles. The van der Waals surface area contributed by atoms with Crippen LogP contribution in [0, 0.1) is 5.92 Å². The summed E-state index contributed by atoms with van der Waals surface area (Å²) in [5.41, 5.74) is 0. The number of ether oxygens (including phenoxy) is 1. The topological polar surface area (TPSA) is 76.2 Å². The lowest BCUT2D eigenvalue weighted by atomic mass is 9.91. The van der Waals surface area contributed by atoms with Gasteiger partial charge in [-0.05, 0) is 38.5 Å². The summed E-state index contributed by atoms with van der Waals surface area (Å²) in [4.78, 5) is 18.2. The Morgan fingerprint density at radius 1 is 1.09 bits per heavy atom. The normalized spacial score (nSPS) is 36.0. The molecule has 0 spiro atoms. The first-order chi connectivity index (χ1) is 11.1. The van der Waals surface area contributed by atoms with E-state index in [-0.39, 0.29) is 35.8 Å². The second kappa shape index (κ2) is 5.98. The van der Waals surface area contributed by atoms with Gasteiger partial charge in [0.25, 0.3) is 5.91 Å². The molecule has 0 bridgehead atoms. The highest BCUT2D eigenvalue weighted by Gasteiger charge is 2.51. The SMILES string of the molecule is O=C([C@@H]1C[C@@H]2OCC[C@@H]2N(S(=O)(=O)C2CC2)C1)N1CCCCO1. The van der Waals surface area contributed by atoms with E-state index in [0.29, 0.717) is 26.2 Å². The molecule has 23 heavy (non-hydrogen) atoms. The molecule has 0 unspecified atom stereocenters. The van der Waals surface area contributed by atoms with Gasteiger partial charge in [-0.25, -0.2) is 13.5 Å². The molecule has 1 saturated carbocycles. The second-order valence-electron chi connectivity index (χ2n) is 6.99. The molecular weight excluding hydrogens is 320 g/mol. The smallest absolute Gasteiger partial charge is 0.250 e. The van der Waals surface area contributed by atoms with Crippen LogP contribution in [-0.2, 0) is 24.4 Å². The first kappa shape index (κ1) is 15.8. The summed E-state index contributed by atoms with van der Waals surface area (Å²) in [7, 11) is -3.30. The van der Waals surface area contributed by atoms with Gasteiger partial charge < -0.3 is 4.74 Å². The number of amides is 1. The Labute approximate surface area is 136 Å². The van der Waals surface area contributed by atoms with E-state index in [4.69, 9.17) is 9.57 Å². The van der Waals surface area contributed by atoms with Gasteiger partial charge in [0.1, 0.15) is 0 Å². The van der Waals surface area contributed by atoms with E-state index < -0.39 is 10.0 Å². The molecule has 0 aromatic heterocycles. The van der Waals surface area contributed by atoms with Gasteiger partial charge in [0.2, 0.25) is 10.0 Å². The lowest BCUT2D eigenvalue weighted by Crippen LogP contribution is -2.56. The fraction of sp³-hybridized carbons (Fsp3) is 0.933. The first-order valence-electron chi connectivity index (χ1n) is 8.64. The Bertz CT molecular complexity index is 570. The molecular formula is C15H24N2O5S. The minimum Gasteiger partial charge on any atom is -0.376 e. The summed E-state index contributed by atoms with van der Waals surface area (Å²) < 4.78 is 32.8. The number of sulfonamides is 1. The number of rotatable bonds is 3. The Balaban J connectivity index is 1.53. The van der Waals surface area contributed by atoms with Crippen LogP contribution in [0.25, 0.3) is 0 Å². The van der Waals surface area contributed by atoms with Crippen LogP contribution >= 0.6 is 0 Å². The third-order valence-corrected chi connectivity index (χ3v) is 7.72. The van der Waals surface area contributed by atoms with E-state index in [1.807, 2.05) is 0 Å². The molecule has 1 aliphatic carbocycles. The molecule has 3 atom stereocenters. The van der Waals surface area contributed by atoms with Crippen LogP contribution in [0.2, 0.25) is 0 Å². The standard InChI is InChI=1S/C15H24N2O5S/c18-15(16-6-1-2-7-22-16)11-9-14-13(5-8-21-14)17(10-11)23(19,20)12-3-4-12/h11-14H,1-10H2/t11-,13+,14+/m1/s1. The van der Waals surface area contributed by atoms with E-state index in [2.05, 4.69) is 0 Å². The van der Waals surface area contributed by atoms with Gasteiger partial charge in [-0.3, -0.25) is 9.63 Å². The van der Waals surface area contributed by atoms with Crippen LogP contribution in [0.15, 0.2) is 0 Å². The van der Waals surface area contributed by atoms with Gasteiger partial charge in [-0.2, -0.15) is 4.31 Å². The summed E-state index contributed by atoms with van der Waals surface area (Å²) in [5.74, 6) is -0.448. The number of hydrogen-bond donors (Lipinski definition) is 0. The summed E-state index contributed by atoms with van der Waals surface area (Å²) in [6, 6.07) is -0.0908. The van der Waals surface area contributed by atoms with Crippen molar-refractivity contribution >= 4 is 15.9 Å². The van der Waals surface area contributed by atoms with Crippen molar-refractivity contribution < 1.29 is 22.8 Å². The molecule has 0 aromatic carbocycles. The van der Waals surface area contributed by atoms with Crippen LogP contribution in [-0.4, -0.2) is 67.4 Å². The van der Waals surface area contributed by atoms with Gasteiger partial charge >= 0.3 is 0 Å². The number of piperidine rings is 1. The van der Waals surface area contributed by atoms with Crippen molar-refractivity contribution in [1.29, 1.82) is 0 Å². The maximum absolute atomic E-state index is 12.7. The predicted octanol–water partition coefficient (Wildman–Crippen LogP) is 0.512. The number of hydrogen-bond acceptors (Lipinski definition) is 5. The molecule has 0 aromatic rings. The molecule has 4 aliphatic rings. The van der Waals surface area contributed by atoms with Crippen molar-refractivity contribution in [1.82, 2.24) is 9.37 Å². The van der Waals surface area contributed by atoms with Crippen LogP contribution in [0.1, 0.15) is 38.5 Å². The van der Waals surface area contributed by atoms with Crippen molar-refractivity contribution in [2.75, 3.05) is 26.3 Å². The van der Waals surface area contributed by atoms with Crippen molar-refractivity contribution in [3.8, 4) is 0 Å². The van der Waals surface area contributed by atoms with Crippen LogP contribution in [0.4, 0.5) is 0 Å². The monoisotopic (exact) mass is 344 g/mol. The number of nitrogens with zero attached hydrogens (tertiary/aromatic N) is 2. The Morgan fingerprint density at radius 3 is 2.61 bits per heavy atom. The zero-order valence-corrected chi connectivity index (χ0v) is 14.0. The van der Waals surface area contributed by atoms with E-state index >= 15 is 0 Å². The van der Waals surface area contributed by atoms with Crippen molar-refractivity contribution in [2.24, 2.45) is 5.92 Å². The third kappa shape index (κ3) is 2.90. The van der Waals surface area contributed by atoms with Crippen molar-refractivity contribution in [3.05, 3.63) is 0 Å². The van der Waals surface area contributed by atoms with Gasteiger partial charge in [-0.15, -0.1) is 0 Å². The van der Waals surface area contributed by atoms with Gasteiger partial charge in [0.15, 0.2) is 0 Å². The molecule has 4 fully saturated rings. The maximum Gasteiger partial charge on any atom is 0.250 e. The molecule has 1 amide bonds. The highest BCUT2D eigenvalue weighted by Crippen LogP contribution is 2.39. The zero-order chi connectivity index (χ0) is 16.0. The minimum atomic E-state index is -3.30. The largest absolute Gasteiger partial charge is 0.376 e. The molecule has 7 nitrogen and oxygen atoms in total. The number of carbonyl (C=O) groups excluding carboxylic acids is 1. The molecule has 3 aliphatic heterocycles. The fourth-order valence-electron chi connectivity index (χ4n) is 3.90. The Hall–Kier alpha value is -0.700. The van der Waals surface area contributed by atoms with E-state index in [0.717, 1.165) is 32.1 Å². The summed E-state index contributed by atoms with van der Waals surface area (Å²) in [5, 5.41) is 1.19. The molecule has 0 N–H and O–H groups in total. The lowest BCUT2D eigenvalue weighted by molar-refractivity contribution is -0.203. The summed E-state index contributed by atoms with van der Waals surface area (Å²) >= 11 is 0. The number of fused-ring (bicyclic) bond motifs is 1.